The molecule has 0 heterocycles. The van der Waals surface area contributed by atoms with Crippen LogP contribution in [-0.4, -0.2) is 29.9 Å². The van der Waals surface area contributed by atoms with Crippen molar-refractivity contribution in [2.45, 2.75) is 34.6 Å². The van der Waals surface area contributed by atoms with Gasteiger partial charge in [0.15, 0.2) is 0 Å². The van der Waals surface area contributed by atoms with E-state index in [1.807, 2.05) is 18.2 Å². The highest BCUT2D eigenvalue weighted by Gasteiger charge is 2.16. The predicted molar refractivity (Wildman–Crippen MR) is 137 cm³/mol. The number of nitrogens with one attached hydrogen (secondary N) is 1. The van der Waals surface area contributed by atoms with E-state index in [2.05, 4.69) is 80.5 Å². The van der Waals surface area contributed by atoms with E-state index in [1.165, 1.54) is 11.1 Å². The van der Waals surface area contributed by atoms with Crippen molar-refractivity contribution in [3.63, 3.8) is 0 Å². The number of rotatable bonds is 5. The van der Waals surface area contributed by atoms with Crippen molar-refractivity contribution in [3.05, 3.63) is 93.6 Å². The van der Waals surface area contributed by atoms with Crippen molar-refractivity contribution in [2.75, 3.05) is 18.4 Å². The van der Waals surface area contributed by atoms with Crippen molar-refractivity contribution in [1.82, 2.24) is 0 Å². The van der Waals surface area contributed by atoms with Crippen LogP contribution in [0.25, 0.3) is 5.57 Å². The number of benzene rings is 2. The fourth-order valence-electron chi connectivity index (χ4n) is 3.51. The van der Waals surface area contributed by atoms with Crippen molar-refractivity contribution < 1.29 is 9.90 Å². The highest BCUT2D eigenvalue weighted by molar-refractivity contribution is 6.32. The van der Waals surface area contributed by atoms with E-state index in [1.54, 1.807) is 0 Å². The predicted octanol–water partition coefficient (Wildman–Crippen LogP) is 6.95. The zero-order valence-corrected chi connectivity index (χ0v) is 20.1. The van der Waals surface area contributed by atoms with Gasteiger partial charge < -0.3 is 10.4 Å². The van der Waals surface area contributed by atoms with Gasteiger partial charge in [-0.25, -0.2) is 0 Å². The molecule has 3 rings (SSSR count). The van der Waals surface area contributed by atoms with Crippen molar-refractivity contribution >= 4 is 34.5 Å². The van der Waals surface area contributed by atoms with E-state index in [4.69, 9.17) is 21.5 Å². The Morgan fingerprint density at radius 3 is 2.34 bits per heavy atom. The number of aryl methyl sites for hydroxylation is 1. The fourth-order valence-corrected chi connectivity index (χ4v) is 3.74. The molecule has 0 atom stereocenters. The first-order chi connectivity index (χ1) is 15.3. The van der Waals surface area contributed by atoms with Gasteiger partial charge in [0.05, 0.1) is 5.71 Å². The largest absolute Gasteiger partial charge is 0.481 e. The van der Waals surface area contributed by atoms with Crippen LogP contribution >= 0.6 is 11.6 Å². The van der Waals surface area contributed by atoms with Gasteiger partial charge in [-0.05, 0) is 85.9 Å². The monoisotopic (exact) mass is 450 g/mol. The quantitative estimate of drug-likeness (QED) is 0.518. The third kappa shape index (κ3) is 6.69. The van der Waals surface area contributed by atoms with Crippen LogP contribution in [0.4, 0.5) is 5.69 Å². The molecule has 168 valence electrons. The first kappa shape index (κ1) is 25.2. The number of aliphatic carboxylic acids is 1. The lowest BCUT2D eigenvalue weighted by molar-refractivity contribution is -0.134. The Bertz CT molecular complexity index is 1090. The molecule has 2 aromatic rings. The van der Waals surface area contributed by atoms with E-state index >= 15 is 0 Å². The second-order valence-corrected chi connectivity index (χ2v) is 7.82. The number of carbonyl (C=O) groups is 1. The first-order valence-corrected chi connectivity index (χ1v) is 11.1. The minimum Gasteiger partial charge on any atom is -0.481 e. The highest BCUT2D eigenvalue weighted by Crippen LogP contribution is 2.35. The molecule has 0 amide bonds. The molecule has 2 N–H and O–H groups in total. The van der Waals surface area contributed by atoms with E-state index in [-0.39, 0.29) is 0 Å². The molecule has 0 radical (unpaired) electrons. The number of halogens is 1. The second kappa shape index (κ2) is 12.1. The minimum absolute atomic E-state index is 0.755. The van der Waals surface area contributed by atoms with Gasteiger partial charge in [-0.3, -0.25) is 9.79 Å². The molecule has 0 aliphatic heterocycles. The summed E-state index contributed by atoms with van der Waals surface area (Å²) in [6.07, 6.45) is 6.46. The molecule has 32 heavy (non-hydrogen) atoms. The van der Waals surface area contributed by atoms with Crippen LogP contribution in [0.1, 0.15) is 44.4 Å². The summed E-state index contributed by atoms with van der Waals surface area (Å²) in [5.41, 5.74) is 9.09. The third-order valence-electron chi connectivity index (χ3n) is 4.84. The summed E-state index contributed by atoms with van der Waals surface area (Å²) < 4.78 is 0. The maximum absolute atomic E-state index is 9.00. The Morgan fingerprint density at radius 1 is 1.09 bits per heavy atom. The maximum Gasteiger partial charge on any atom is 0.300 e. The number of nitrogens with zero attached hydrogens (tertiary/aromatic N) is 1. The number of aliphatic imine (C=N–C) groups is 1. The van der Waals surface area contributed by atoms with E-state index in [0.717, 1.165) is 58.7 Å². The van der Waals surface area contributed by atoms with E-state index in [9.17, 15) is 0 Å². The number of hydrogen-bond acceptors (Lipinski definition) is 3. The molecule has 0 unspecified atom stereocenters. The molecule has 4 nitrogen and oxygen atoms in total. The highest BCUT2D eigenvalue weighted by atomic mass is 35.5. The summed E-state index contributed by atoms with van der Waals surface area (Å²) in [5, 5.41) is 11.6. The summed E-state index contributed by atoms with van der Waals surface area (Å²) in [7, 11) is 0. The smallest absolute Gasteiger partial charge is 0.300 e. The Morgan fingerprint density at radius 2 is 1.78 bits per heavy atom. The molecule has 1 aliphatic rings. The number of allylic oxidation sites excluding steroid dienone is 5. The third-order valence-corrected chi connectivity index (χ3v) is 5.17. The number of hydrogen-bond donors (Lipinski definition) is 2. The SMILES string of the molecule is CC(=O)O.CCN=C1C=C/C(=C(/c2ccc(NCC)c(C)c2)c2ccccc2Cl)C=C1C. The normalized spacial score (nSPS) is 15.6. The molecule has 5 heteroatoms. The average molecular weight is 451 g/mol. The fraction of sp³-hybridized carbons (Fsp3) is 0.259. The van der Waals surface area contributed by atoms with Crippen LogP contribution in [0.5, 0.6) is 0 Å². The second-order valence-electron chi connectivity index (χ2n) is 7.41. The van der Waals surface area contributed by atoms with E-state index in [0.29, 0.717) is 0 Å². The number of carboxylic acid groups (broad SMARTS) is 1. The molecule has 0 saturated carbocycles. The summed E-state index contributed by atoms with van der Waals surface area (Å²) in [6.45, 7) is 11.2. The maximum atomic E-state index is 9.00. The summed E-state index contributed by atoms with van der Waals surface area (Å²) in [6, 6.07) is 14.6. The molecular formula is C27H31ClN2O2. The van der Waals surface area contributed by atoms with Crippen molar-refractivity contribution in [1.29, 1.82) is 0 Å². The Hall–Kier alpha value is -3.11. The lowest BCUT2D eigenvalue weighted by Gasteiger charge is -2.18. The van der Waals surface area contributed by atoms with Crippen LogP contribution in [0, 0.1) is 6.92 Å². The van der Waals surface area contributed by atoms with E-state index < -0.39 is 5.97 Å². The van der Waals surface area contributed by atoms with Gasteiger partial charge in [-0.1, -0.05) is 41.9 Å². The van der Waals surface area contributed by atoms with Crippen LogP contribution in [-0.2, 0) is 4.79 Å². The Balaban J connectivity index is 0.000000837. The molecular weight excluding hydrogens is 420 g/mol. The van der Waals surface area contributed by atoms with Crippen LogP contribution in [0.2, 0.25) is 5.02 Å². The summed E-state index contributed by atoms with van der Waals surface area (Å²) in [4.78, 5) is 13.6. The van der Waals surface area contributed by atoms with Gasteiger partial charge in [0.1, 0.15) is 0 Å². The van der Waals surface area contributed by atoms with Gasteiger partial charge in [0.25, 0.3) is 5.97 Å². The number of anilines is 1. The van der Waals surface area contributed by atoms with Crippen LogP contribution in [0.15, 0.2) is 76.8 Å². The Kier molecular flexibility index (Phi) is 9.48. The van der Waals surface area contributed by atoms with Gasteiger partial charge in [0, 0.05) is 36.3 Å². The molecule has 0 spiro atoms. The van der Waals surface area contributed by atoms with Gasteiger partial charge in [-0.2, -0.15) is 0 Å². The van der Waals surface area contributed by atoms with Crippen LogP contribution < -0.4 is 5.32 Å². The summed E-state index contributed by atoms with van der Waals surface area (Å²) in [5.74, 6) is -0.833. The zero-order chi connectivity index (χ0) is 23.7. The van der Waals surface area contributed by atoms with Crippen molar-refractivity contribution in [3.8, 4) is 0 Å². The molecule has 0 bridgehead atoms. The molecule has 0 aromatic heterocycles. The van der Waals surface area contributed by atoms with Gasteiger partial charge >= 0.3 is 0 Å². The molecule has 0 saturated heterocycles. The first-order valence-electron chi connectivity index (χ1n) is 10.7. The lowest BCUT2D eigenvalue weighted by atomic mass is 9.88. The van der Waals surface area contributed by atoms with Crippen LogP contribution in [0.3, 0.4) is 0 Å². The molecule has 0 fully saturated rings. The Labute approximate surface area is 196 Å². The number of carboxylic acids is 1. The summed E-state index contributed by atoms with van der Waals surface area (Å²) >= 11 is 6.61. The minimum atomic E-state index is -0.833. The lowest BCUT2D eigenvalue weighted by Crippen LogP contribution is -2.04. The molecule has 2 aromatic carbocycles. The standard InChI is InChI=1S/C25H27ClN2.C2H4O2/c1-5-27-23-13-11-19(15-17(23)3)25(21-9-7-8-10-22(21)26)20-12-14-24(28-6-2)18(4)16-20;1-2(3)4/h7-16,27H,5-6H2,1-4H3;1H3,(H,3,4)/b25-20+,28-24?;. The van der Waals surface area contributed by atoms with Gasteiger partial charge in [-0.15, -0.1) is 0 Å². The molecule has 1 aliphatic carbocycles. The topological polar surface area (TPSA) is 61.7 Å². The van der Waals surface area contributed by atoms with Crippen molar-refractivity contribution in [2.24, 2.45) is 4.99 Å². The zero-order valence-electron chi connectivity index (χ0n) is 19.4. The van der Waals surface area contributed by atoms with Gasteiger partial charge in [0.2, 0.25) is 0 Å². The average Bonchev–Trinajstić information content (AvgIpc) is 2.73.